The Kier molecular flexibility index (Phi) is 5.23. The van der Waals surface area contributed by atoms with Crippen LogP contribution in [0, 0.1) is 23.2 Å². The smallest absolute Gasteiger partial charge is 0.0949 e. The zero-order chi connectivity index (χ0) is 14.6. The topological polar surface area (TPSA) is 27.0 Å². The van der Waals surface area contributed by atoms with Crippen LogP contribution in [0.2, 0.25) is 0 Å². The average Bonchev–Trinajstić information content (AvgIpc) is 2.96. The van der Waals surface area contributed by atoms with Crippen LogP contribution in [0.3, 0.4) is 0 Å². The number of piperidine rings is 1. The minimum atomic E-state index is -0.308. The first-order valence-corrected chi connectivity index (χ1v) is 8.64. The molecule has 0 spiro atoms. The van der Waals surface area contributed by atoms with Crippen LogP contribution in [-0.4, -0.2) is 24.5 Å². The molecule has 1 atom stereocenters. The molecule has 0 N–H and O–H groups in total. The highest BCUT2D eigenvalue weighted by atomic mass is 32.1. The third-order valence-electron chi connectivity index (χ3n) is 4.84. The number of nitriles is 1. The molecule has 2 rings (SSSR count). The van der Waals surface area contributed by atoms with Crippen molar-refractivity contribution in [3.8, 4) is 6.07 Å². The van der Waals surface area contributed by atoms with Crippen LogP contribution in [0.15, 0.2) is 17.5 Å². The number of nitrogens with zero attached hydrogens (tertiary/aromatic N) is 2. The van der Waals surface area contributed by atoms with Crippen molar-refractivity contribution >= 4 is 11.3 Å². The van der Waals surface area contributed by atoms with E-state index in [-0.39, 0.29) is 5.41 Å². The molecule has 3 heteroatoms. The predicted molar refractivity (Wildman–Crippen MR) is 85.9 cm³/mol. The summed E-state index contributed by atoms with van der Waals surface area (Å²) >= 11 is 1.73. The molecule has 0 saturated carbocycles. The van der Waals surface area contributed by atoms with Crippen LogP contribution in [0.5, 0.6) is 0 Å². The van der Waals surface area contributed by atoms with Gasteiger partial charge < -0.3 is 4.90 Å². The third-order valence-corrected chi connectivity index (χ3v) is 5.89. The molecule has 1 unspecified atom stereocenters. The second kappa shape index (κ2) is 6.74. The number of hydrogen-bond acceptors (Lipinski definition) is 3. The van der Waals surface area contributed by atoms with Crippen molar-refractivity contribution in [1.29, 1.82) is 5.26 Å². The zero-order valence-corrected chi connectivity index (χ0v) is 13.7. The fraction of sp³-hybridized carbons (Fsp3) is 0.706. The van der Waals surface area contributed by atoms with Gasteiger partial charge in [0.25, 0.3) is 0 Å². The Balaban J connectivity index is 2.04. The van der Waals surface area contributed by atoms with Gasteiger partial charge in [0.15, 0.2) is 0 Å². The molecule has 2 nitrogen and oxygen atoms in total. The summed E-state index contributed by atoms with van der Waals surface area (Å²) in [4.78, 5) is 3.78. The van der Waals surface area contributed by atoms with Gasteiger partial charge in [-0.25, -0.2) is 0 Å². The Morgan fingerprint density at radius 3 is 2.65 bits per heavy atom. The largest absolute Gasteiger partial charge is 0.303 e. The number of thiophene rings is 1. The fourth-order valence-corrected chi connectivity index (χ4v) is 4.14. The predicted octanol–water partition coefficient (Wildman–Crippen LogP) is 4.29. The lowest BCUT2D eigenvalue weighted by Crippen LogP contribution is -2.39. The van der Waals surface area contributed by atoms with Crippen molar-refractivity contribution in [2.24, 2.45) is 11.8 Å². The quantitative estimate of drug-likeness (QED) is 0.809. The van der Waals surface area contributed by atoms with Gasteiger partial charge >= 0.3 is 0 Å². The normalized spacial score (nSPS) is 20.8. The van der Waals surface area contributed by atoms with E-state index in [9.17, 15) is 5.26 Å². The van der Waals surface area contributed by atoms with Crippen molar-refractivity contribution in [3.63, 3.8) is 0 Å². The van der Waals surface area contributed by atoms with E-state index in [0.717, 1.165) is 18.9 Å². The first kappa shape index (κ1) is 15.5. The average molecular weight is 290 g/mol. The molecule has 20 heavy (non-hydrogen) atoms. The summed E-state index contributed by atoms with van der Waals surface area (Å²) in [6.07, 6.45) is 3.57. The highest BCUT2D eigenvalue weighted by Crippen LogP contribution is 2.38. The fourth-order valence-electron chi connectivity index (χ4n) is 3.09. The van der Waals surface area contributed by atoms with E-state index in [1.807, 2.05) is 0 Å². The van der Waals surface area contributed by atoms with Gasteiger partial charge in [-0.2, -0.15) is 5.26 Å². The van der Waals surface area contributed by atoms with Gasteiger partial charge in [-0.1, -0.05) is 26.8 Å². The second-order valence-corrected chi connectivity index (χ2v) is 7.44. The molecule has 1 aromatic rings. The lowest BCUT2D eigenvalue weighted by atomic mass is 9.74. The molecule has 110 valence electrons. The Bertz CT molecular complexity index is 438. The summed E-state index contributed by atoms with van der Waals surface area (Å²) in [5.41, 5.74) is -0.308. The van der Waals surface area contributed by atoms with Gasteiger partial charge in [0, 0.05) is 11.4 Å². The molecule has 0 aromatic carbocycles. The summed E-state index contributed by atoms with van der Waals surface area (Å²) < 4.78 is 0. The number of likely N-dealkylation sites (tertiary alicyclic amines) is 1. The van der Waals surface area contributed by atoms with Crippen LogP contribution in [0.4, 0.5) is 0 Å². The van der Waals surface area contributed by atoms with Crippen LogP contribution >= 0.6 is 11.3 Å². The van der Waals surface area contributed by atoms with E-state index >= 15 is 0 Å². The van der Waals surface area contributed by atoms with Crippen LogP contribution in [0.1, 0.15) is 44.9 Å². The Labute approximate surface area is 127 Å². The van der Waals surface area contributed by atoms with E-state index in [1.165, 1.54) is 30.8 Å². The lowest BCUT2D eigenvalue weighted by molar-refractivity contribution is 0.174. The summed E-state index contributed by atoms with van der Waals surface area (Å²) in [5, 5.41) is 11.9. The summed E-state index contributed by atoms with van der Waals surface area (Å²) in [7, 11) is 0. The Morgan fingerprint density at radius 1 is 1.45 bits per heavy atom. The monoisotopic (exact) mass is 290 g/mol. The zero-order valence-electron chi connectivity index (χ0n) is 12.9. The van der Waals surface area contributed by atoms with E-state index in [1.54, 1.807) is 11.3 Å². The van der Waals surface area contributed by atoms with Gasteiger partial charge in [0.2, 0.25) is 0 Å². The molecule has 1 saturated heterocycles. The molecule has 1 aliphatic rings. The highest BCUT2D eigenvalue weighted by Gasteiger charge is 2.37. The molecule has 0 amide bonds. The molecular weight excluding hydrogens is 264 g/mol. The van der Waals surface area contributed by atoms with Gasteiger partial charge in [0.05, 0.1) is 11.5 Å². The first-order chi connectivity index (χ1) is 9.58. The standard InChI is InChI=1S/C17H26N2S/c1-14(2)17(13-18,16-5-4-12-20-16)8-11-19-9-6-15(3)7-10-19/h4-5,12,14-15H,6-11H2,1-3H3. The van der Waals surface area contributed by atoms with Crippen LogP contribution in [0.25, 0.3) is 0 Å². The maximum absolute atomic E-state index is 9.83. The summed E-state index contributed by atoms with van der Waals surface area (Å²) in [6, 6.07) is 6.85. The van der Waals surface area contributed by atoms with Crippen molar-refractivity contribution < 1.29 is 0 Å². The first-order valence-electron chi connectivity index (χ1n) is 7.76. The SMILES string of the molecule is CC1CCN(CCC(C#N)(c2cccs2)C(C)C)CC1. The van der Waals surface area contributed by atoms with E-state index in [4.69, 9.17) is 0 Å². The molecule has 0 bridgehead atoms. The molecule has 1 aromatic heterocycles. The van der Waals surface area contributed by atoms with Gasteiger partial charge in [0.1, 0.15) is 0 Å². The third kappa shape index (κ3) is 3.24. The van der Waals surface area contributed by atoms with Crippen molar-refractivity contribution in [2.45, 2.75) is 45.4 Å². The van der Waals surface area contributed by atoms with Crippen LogP contribution in [-0.2, 0) is 5.41 Å². The van der Waals surface area contributed by atoms with E-state index in [2.05, 4.69) is 49.3 Å². The summed E-state index contributed by atoms with van der Waals surface area (Å²) in [6.45, 7) is 10.2. The van der Waals surface area contributed by atoms with Crippen molar-refractivity contribution in [3.05, 3.63) is 22.4 Å². The molecule has 2 heterocycles. The van der Waals surface area contributed by atoms with Gasteiger partial charge in [-0.15, -0.1) is 11.3 Å². The molecular formula is C17H26N2S. The Morgan fingerprint density at radius 2 is 2.15 bits per heavy atom. The van der Waals surface area contributed by atoms with E-state index in [0.29, 0.717) is 5.92 Å². The molecule has 1 fully saturated rings. The lowest BCUT2D eigenvalue weighted by Gasteiger charge is -2.35. The number of hydrogen-bond donors (Lipinski definition) is 0. The van der Waals surface area contributed by atoms with E-state index < -0.39 is 0 Å². The molecule has 1 aliphatic heterocycles. The second-order valence-electron chi connectivity index (χ2n) is 6.49. The van der Waals surface area contributed by atoms with Crippen LogP contribution < -0.4 is 0 Å². The summed E-state index contributed by atoms with van der Waals surface area (Å²) in [5.74, 6) is 1.23. The maximum atomic E-state index is 9.83. The minimum absolute atomic E-state index is 0.308. The highest BCUT2D eigenvalue weighted by molar-refractivity contribution is 7.10. The van der Waals surface area contributed by atoms with Gasteiger partial charge in [-0.05, 0) is 55.6 Å². The van der Waals surface area contributed by atoms with Gasteiger partial charge in [-0.3, -0.25) is 0 Å². The van der Waals surface area contributed by atoms with Crippen molar-refractivity contribution in [1.82, 2.24) is 4.90 Å². The maximum Gasteiger partial charge on any atom is 0.0949 e. The Hall–Kier alpha value is -0.850. The number of rotatable bonds is 5. The molecule has 0 aliphatic carbocycles. The molecule has 0 radical (unpaired) electrons. The van der Waals surface area contributed by atoms with Crippen molar-refractivity contribution in [2.75, 3.05) is 19.6 Å². The minimum Gasteiger partial charge on any atom is -0.303 e.